The molecule has 1 N–H and O–H groups in total. The molecule has 1 aliphatic heterocycles. The third kappa shape index (κ3) is 2.27. The van der Waals surface area contributed by atoms with Crippen molar-refractivity contribution in [3.05, 3.63) is 53.9 Å². The maximum Gasteiger partial charge on any atom is 0.129 e. The molecule has 0 spiro atoms. The number of fused-ring (bicyclic) bond motifs is 1. The molecule has 2 unspecified atom stereocenters. The first-order valence-electron chi connectivity index (χ1n) is 6.20. The van der Waals surface area contributed by atoms with Crippen molar-refractivity contribution in [2.75, 3.05) is 7.11 Å². The van der Waals surface area contributed by atoms with Gasteiger partial charge in [0.25, 0.3) is 0 Å². The summed E-state index contributed by atoms with van der Waals surface area (Å²) in [7, 11) is 1.61. The highest BCUT2D eigenvalue weighted by Crippen LogP contribution is 2.41. The predicted octanol–water partition coefficient (Wildman–Crippen LogP) is 2.65. The number of aromatic nitrogens is 1. The summed E-state index contributed by atoms with van der Waals surface area (Å²) in [5.74, 6) is 1.39. The van der Waals surface area contributed by atoms with E-state index in [9.17, 15) is 5.11 Å². The average Bonchev–Trinajstić information content (AvgIpc) is 2.47. The highest BCUT2D eigenvalue weighted by atomic mass is 16.5. The highest BCUT2D eigenvalue weighted by molar-refractivity contribution is 5.43. The smallest absolute Gasteiger partial charge is 0.129 e. The van der Waals surface area contributed by atoms with Crippen molar-refractivity contribution in [2.24, 2.45) is 0 Å². The molecule has 1 aromatic heterocycles. The van der Waals surface area contributed by atoms with Crippen molar-refractivity contribution in [3.63, 3.8) is 0 Å². The fourth-order valence-electron chi connectivity index (χ4n) is 2.32. The van der Waals surface area contributed by atoms with Crippen LogP contribution in [0.25, 0.3) is 0 Å². The van der Waals surface area contributed by atoms with Gasteiger partial charge >= 0.3 is 0 Å². The second-order valence-corrected chi connectivity index (χ2v) is 4.55. The van der Waals surface area contributed by atoms with Crippen LogP contribution in [-0.4, -0.2) is 17.2 Å². The summed E-state index contributed by atoms with van der Waals surface area (Å²) >= 11 is 0. The van der Waals surface area contributed by atoms with Gasteiger partial charge in [0.05, 0.1) is 13.2 Å². The molecule has 0 bridgehead atoms. The second-order valence-electron chi connectivity index (χ2n) is 4.55. The van der Waals surface area contributed by atoms with Crippen LogP contribution in [0.3, 0.4) is 0 Å². The Morgan fingerprint density at radius 1 is 1.37 bits per heavy atom. The molecule has 0 radical (unpaired) electrons. The van der Waals surface area contributed by atoms with E-state index >= 15 is 0 Å². The highest BCUT2D eigenvalue weighted by Gasteiger charge is 2.28. The van der Waals surface area contributed by atoms with Gasteiger partial charge < -0.3 is 14.6 Å². The number of aliphatic hydroxyl groups excluding tert-OH is 1. The van der Waals surface area contributed by atoms with E-state index < -0.39 is 6.10 Å². The van der Waals surface area contributed by atoms with Crippen LogP contribution in [0, 0.1) is 0 Å². The van der Waals surface area contributed by atoms with Crippen LogP contribution >= 0.6 is 0 Å². The first-order valence-corrected chi connectivity index (χ1v) is 6.20. The number of aliphatic hydroxyl groups is 1. The average molecular weight is 257 g/mol. The van der Waals surface area contributed by atoms with Gasteiger partial charge in [-0.2, -0.15) is 0 Å². The van der Waals surface area contributed by atoms with Crippen LogP contribution in [0.15, 0.2) is 42.7 Å². The van der Waals surface area contributed by atoms with Gasteiger partial charge in [0, 0.05) is 36.0 Å². The van der Waals surface area contributed by atoms with E-state index in [1.165, 1.54) is 0 Å². The summed E-state index contributed by atoms with van der Waals surface area (Å²) in [6, 6.07) is 9.30. The number of ether oxygens (including phenoxy) is 2. The van der Waals surface area contributed by atoms with Crippen molar-refractivity contribution in [2.45, 2.75) is 18.6 Å². The Hall–Kier alpha value is -2.07. The van der Waals surface area contributed by atoms with Gasteiger partial charge in [-0.05, 0) is 18.2 Å². The van der Waals surface area contributed by atoms with Crippen molar-refractivity contribution < 1.29 is 14.6 Å². The first-order chi connectivity index (χ1) is 9.28. The van der Waals surface area contributed by atoms with E-state index in [0.717, 1.165) is 16.9 Å². The topological polar surface area (TPSA) is 51.6 Å². The van der Waals surface area contributed by atoms with Crippen LogP contribution in [0.2, 0.25) is 0 Å². The van der Waals surface area contributed by atoms with E-state index in [1.807, 2.05) is 24.3 Å². The van der Waals surface area contributed by atoms with Crippen molar-refractivity contribution in [1.29, 1.82) is 0 Å². The molecule has 4 heteroatoms. The summed E-state index contributed by atoms with van der Waals surface area (Å²) in [6.45, 7) is 0. The molecule has 98 valence electrons. The lowest BCUT2D eigenvalue weighted by atomic mass is 9.96. The molecule has 1 aromatic carbocycles. The van der Waals surface area contributed by atoms with E-state index in [1.54, 1.807) is 25.6 Å². The Labute approximate surface area is 111 Å². The fraction of sp³-hybridized carbons (Fsp3) is 0.267. The Bertz CT molecular complexity index is 571. The molecule has 0 saturated heterocycles. The number of nitrogens with zero attached hydrogens (tertiary/aromatic N) is 1. The van der Waals surface area contributed by atoms with Crippen LogP contribution < -0.4 is 9.47 Å². The van der Waals surface area contributed by atoms with Gasteiger partial charge in [0.1, 0.15) is 17.6 Å². The van der Waals surface area contributed by atoms with E-state index in [-0.39, 0.29) is 6.10 Å². The normalized spacial score (nSPS) is 21.4. The monoisotopic (exact) mass is 257 g/mol. The predicted molar refractivity (Wildman–Crippen MR) is 70.2 cm³/mol. The minimum absolute atomic E-state index is 0.177. The number of rotatable bonds is 2. The molecular weight excluding hydrogens is 242 g/mol. The molecular formula is C15H15NO3. The molecule has 0 aliphatic carbocycles. The molecule has 19 heavy (non-hydrogen) atoms. The quantitative estimate of drug-likeness (QED) is 0.898. The minimum atomic E-state index is -0.528. The molecule has 2 aromatic rings. The maximum absolute atomic E-state index is 10.2. The Morgan fingerprint density at radius 3 is 3.00 bits per heavy atom. The Morgan fingerprint density at radius 2 is 2.26 bits per heavy atom. The largest absolute Gasteiger partial charge is 0.497 e. The third-order valence-corrected chi connectivity index (χ3v) is 3.34. The number of pyridine rings is 1. The number of hydrogen-bond acceptors (Lipinski definition) is 4. The second kappa shape index (κ2) is 4.90. The molecule has 4 nitrogen and oxygen atoms in total. The zero-order valence-electron chi connectivity index (χ0n) is 10.6. The van der Waals surface area contributed by atoms with Gasteiger partial charge in [-0.25, -0.2) is 0 Å². The Balaban J connectivity index is 1.94. The fourth-order valence-corrected chi connectivity index (χ4v) is 2.32. The molecule has 1 aliphatic rings. The van der Waals surface area contributed by atoms with Gasteiger partial charge in [-0.15, -0.1) is 0 Å². The maximum atomic E-state index is 10.2. The van der Waals surface area contributed by atoms with Gasteiger partial charge in [-0.1, -0.05) is 6.07 Å². The number of benzene rings is 1. The van der Waals surface area contributed by atoms with Gasteiger partial charge in [0.2, 0.25) is 0 Å². The summed E-state index contributed by atoms with van der Waals surface area (Å²) in [5.41, 5.74) is 1.77. The zero-order valence-corrected chi connectivity index (χ0v) is 10.6. The lowest BCUT2D eigenvalue weighted by Gasteiger charge is -2.29. The van der Waals surface area contributed by atoms with Crippen molar-refractivity contribution in [3.8, 4) is 11.5 Å². The zero-order chi connectivity index (χ0) is 13.2. The number of hydrogen-bond donors (Lipinski definition) is 1. The summed E-state index contributed by atoms with van der Waals surface area (Å²) < 4.78 is 11.1. The number of methoxy groups -OCH3 is 1. The lowest BCUT2D eigenvalue weighted by Crippen LogP contribution is -2.19. The molecule has 2 heterocycles. The Kier molecular flexibility index (Phi) is 3.09. The molecule has 0 saturated carbocycles. The van der Waals surface area contributed by atoms with Crippen LogP contribution in [0.4, 0.5) is 0 Å². The molecule has 2 atom stereocenters. The standard InChI is InChI=1S/C15H15NO3/c1-18-11-4-5-12-13(17)8-14(19-15(12)7-11)10-3-2-6-16-9-10/h2-7,9,13-14,17H,8H2,1H3. The summed E-state index contributed by atoms with van der Waals surface area (Å²) in [5, 5.41) is 10.2. The molecule has 3 rings (SSSR count). The van der Waals surface area contributed by atoms with Crippen LogP contribution in [0.1, 0.15) is 29.8 Å². The lowest BCUT2D eigenvalue weighted by molar-refractivity contribution is 0.0653. The SMILES string of the molecule is COc1ccc2c(c1)OC(c1cccnc1)CC2O. The third-order valence-electron chi connectivity index (χ3n) is 3.34. The minimum Gasteiger partial charge on any atom is -0.497 e. The van der Waals surface area contributed by atoms with E-state index in [2.05, 4.69) is 4.98 Å². The van der Waals surface area contributed by atoms with Gasteiger partial charge in [-0.3, -0.25) is 4.98 Å². The van der Waals surface area contributed by atoms with E-state index in [4.69, 9.17) is 9.47 Å². The molecule has 0 amide bonds. The van der Waals surface area contributed by atoms with E-state index in [0.29, 0.717) is 12.2 Å². The van der Waals surface area contributed by atoms with Crippen molar-refractivity contribution in [1.82, 2.24) is 4.98 Å². The summed E-state index contributed by atoms with van der Waals surface area (Å²) in [6.07, 6.45) is 3.32. The summed E-state index contributed by atoms with van der Waals surface area (Å²) in [4.78, 5) is 4.09. The van der Waals surface area contributed by atoms with Gasteiger partial charge in [0.15, 0.2) is 0 Å². The molecule has 0 fully saturated rings. The van der Waals surface area contributed by atoms with Crippen molar-refractivity contribution >= 4 is 0 Å². The van der Waals surface area contributed by atoms with Crippen LogP contribution in [-0.2, 0) is 0 Å². The van der Waals surface area contributed by atoms with Crippen LogP contribution in [0.5, 0.6) is 11.5 Å². The first kappa shape index (κ1) is 12.0.